The van der Waals surface area contributed by atoms with Gasteiger partial charge in [-0.25, -0.2) is 0 Å². The number of hydrogen-bond acceptors (Lipinski definition) is 2. The molecule has 1 aromatic rings. The lowest BCUT2D eigenvalue weighted by Crippen LogP contribution is -2.05. The number of benzene rings is 1. The van der Waals surface area contributed by atoms with Crippen LogP contribution in [0.15, 0.2) is 41.0 Å². The molecule has 18 heavy (non-hydrogen) atoms. The van der Waals surface area contributed by atoms with Gasteiger partial charge in [-0.2, -0.15) is 13.2 Å². The van der Waals surface area contributed by atoms with Crippen molar-refractivity contribution >= 4 is 17.8 Å². The van der Waals surface area contributed by atoms with E-state index in [0.29, 0.717) is 11.1 Å². The summed E-state index contributed by atoms with van der Waals surface area (Å²) in [6, 6.07) is 5.04. The van der Waals surface area contributed by atoms with Crippen LogP contribution < -0.4 is 5.73 Å². The highest BCUT2D eigenvalue weighted by molar-refractivity contribution is 6.21. The van der Waals surface area contributed by atoms with Crippen molar-refractivity contribution in [1.29, 1.82) is 0 Å². The van der Waals surface area contributed by atoms with Gasteiger partial charge in [-0.3, -0.25) is 4.99 Å². The molecule has 0 fully saturated rings. The van der Waals surface area contributed by atoms with Crippen LogP contribution in [-0.4, -0.2) is 12.1 Å². The van der Waals surface area contributed by atoms with Gasteiger partial charge in [0.05, 0.1) is 18.0 Å². The third-order valence-corrected chi connectivity index (χ3v) is 2.46. The minimum atomic E-state index is -4.34. The first kappa shape index (κ1) is 14.6. The van der Waals surface area contributed by atoms with Crippen LogP contribution in [-0.2, 0) is 12.7 Å². The lowest BCUT2D eigenvalue weighted by molar-refractivity contribution is -0.137. The van der Waals surface area contributed by atoms with Gasteiger partial charge in [0.15, 0.2) is 0 Å². The Morgan fingerprint density at radius 3 is 2.67 bits per heavy atom. The fourth-order valence-corrected chi connectivity index (χ4v) is 1.39. The minimum absolute atomic E-state index is 0.151. The van der Waals surface area contributed by atoms with Crippen molar-refractivity contribution in [3.8, 4) is 0 Å². The summed E-state index contributed by atoms with van der Waals surface area (Å²) in [5, 5.41) is 0. The van der Waals surface area contributed by atoms with E-state index in [-0.39, 0.29) is 12.4 Å². The molecular weight excluding hydrogens is 265 g/mol. The second-order valence-electron chi connectivity index (χ2n) is 3.54. The third-order valence-electron chi connectivity index (χ3n) is 2.15. The Bertz CT molecular complexity index is 453. The molecule has 98 valence electrons. The molecule has 0 aliphatic heterocycles. The number of rotatable bonds is 4. The molecule has 6 heteroatoms. The van der Waals surface area contributed by atoms with Crippen molar-refractivity contribution in [2.45, 2.75) is 12.7 Å². The van der Waals surface area contributed by atoms with Gasteiger partial charge in [0, 0.05) is 11.8 Å². The number of alkyl halides is 4. The Morgan fingerprint density at radius 2 is 2.11 bits per heavy atom. The van der Waals surface area contributed by atoms with Crippen LogP contribution in [0.2, 0.25) is 0 Å². The molecule has 0 saturated heterocycles. The van der Waals surface area contributed by atoms with Crippen LogP contribution in [0.25, 0.3) is 0 Å². The molecule has 0 spiro atoms. The van der Waals surface area contributed by atoms with Crippen molar-refractivity contribution in [3.05, 3.63) is 47.2 Å². The molecule has 0 aromatic heterocycles. The maximum atomic E-state index is 12.4. The zero-order chi connectivity index (χ0) is 13.6. The molecule has 1 aromatic carbocycles. The van der Waals surface area contributed by atoms with Crippen LogP contribution in [0.4, 0.5) is 13.2 Å². The number of halogens is 4. The Labute approximate surface area is 108 Å². The molecule has 0 heterocycles. The smallest absolute Gasteiger partial charge is 0.404 e. The van der Waals surface area contributed by atoms with Crippen molar-refractivity contribution in [2.75, 3.05) is 5.88 Å². The van der Waals surface area contributed by atoms with Gasteiger partial charge in [-0.15, -0.1) is 11.6 Å². The van der Waals surface area contributed by atoms with Gasteiger partial charge in [0.2, 0.25) is 0 Å². The van der Waals surface area contributed by atoms with E-state index in [9.17, 15) is 13.2 Å². The van der Waals surface area contributed by atoms with E-state index in [1.807, 2.05) is 0 Å². The fourth-order valence-electron chi connectivity index (χ4n) is 1.24. The summed E-state index contributed by atoms with van der Waals surface area (Å²) in [7, 11) is 0. The van der Waals surface area contributed by atoms with E-state index in [1.54, 1.807) is 6.07 Å². The van der Waals surface area contributed by atoms with E-state index in [2.05, 4.69) is 4.99 Å². The lowest BCUT2D eigenvalue weighted by Gasteiger charge is -2.07. The summed E-state index contributed by atoms with van der Waals surface area (Å²) in [5.74, 6) is 0.211. The summed E-state index contributed by atoms with van der Waals surface area (Å²) in [6.07, 6.45) is -1.58. The summed E-state index contributed by atoms with van der Waals surface area (Å²) in [5.41, 5.74) is 5.67. The standard InChI is InChI=1S/C12H12ClF3N2/c13-5-10(6-17)8-18-7-9-2-1-3-11(4-9)12(14,15)16/h1-4,6,8H,5,7,17H2/b10-6-,18-8?. The Balaban J connectivity index is 2.75. The second-order valence-corrected chi connectivity index (χ2v) is 3.81. The highest BCUT2D eigenvalue weighted by Crippen LogP contribution is 2.29. The molecule has 0 unspecified atom stereocenters. The summed E-state index contributed by atoms with van der Waals surface area (Å²) < 4.78 is 37.3. The zero-order valence-corrected chi connectivity index (χ0v) is 10.2. The summed E-state index contributed by atoms with van der Waals surface area (Å²) >= 11 is 5.55. The van der Waals surface area contributed by atoms with Crippen LogP contribution in [0, 0.1) is 0 Å². The summed E-state index contributed by atoms with van der Waals surface area (Å²) in [4.78, 5) is 3.98. The maximum absolute atomic E-state index is 12.4. The lowest BCUT2D eigenvalue weighted by atomic mass is 10.1. The van der Waals surface area contributed by atoms with Gasteiger partial charge < -0.3 is 5.73 Å². The normalized spacial score (nSPS) is 13.2. The molecular formula is C12H12ClF3N2. The number of allylic oxidation sites excluding steroid dienone is 1. The Morgan fingerprint density at radius 1 is 1.39 bits per heavy atom. The monoisotopic (exact) mass is 276 g/mol. The highest BCUT2D eigenvalue weighted by atomic mass is 35.5. The zero-order valence-electron chi connectivity index (χ0n) is 9.41. The van der Waals surface area contributed by atoms with Crippen molar-refractivity contribution in [3.63, 3.8) is 0 Å². The fraction of sp³-hybridized carbons (Fsp3) is 0.250. The maximum Gasteiger partial charge on any atom is 0.416 e. The van der Waals surface area contributed by atoms with Gasteiger partial charge in [-0.1, -0.05) is 12.1 Å². The average molecular weight is 277 g/mol. The molecule has 0 atom stereocenters. The van der Waals surface area contributed by atoms with Gasteiger partial charge >= 0.3 is 6.18 Å². The number of nitrogens with two attached hydrogens (primary N) is 1. The van der Waals surface area contributed by atoms with Gasteiger partial charge in [0.25, 0.3) is 0 Å². The molecule has 0 saturated carbocycles. The first-order valence-corrected chi connectivity index (χ1v) is 5.63. The van der Waals surface area contributed by atoms with Crippen LogP contribution >= 0.6 is 11.6 Å². The second kappa shape index (κ2) is 6.44. The molecule has 1 rings (SSSR count). The predicted octanol–water partition coefficient (Wildman–Crippen LogP) is 3.36. The highest BCUT2D eigenvalue weighted by Gasteiger charge is 2.30. The van der Waals surface area contributed by atoms with Gasteiger partial charge in [-0.05, 0) is 23.9 Å². The SMILES string of the molecule is N/C=C(\C=NCc1cccc(C(F)(F)F)c1)CCl. The molecule has 0 radical (unpaired) electrons. The van der Waals surface area contributed by atoms with E-state index < -0.39 is 11.7 Å². The Kier molecular flexibility index (Phi) is 5.22. The summed E-state index contributed by atoms with van der Waals surface area (Å²) in [6.45, 7) is 0.151. The van der Waals surface area contributed by atoms with E-state index in [1.165, 1.54) is 18.5 Å². The predicted molar refractivity (Wildman–Crippen MR) is 66.6 cm³/mol. The third kappa shape index (κ3) is 4.41. The van der Waals surface area contributed by atoms with Crippen LogP contribution in [0.5, 0.6) is 0 Å². The average Bonchev–Trinajstić information content (AvgIpc) is 2.34. The molecule has 2 nitrogen and oxygen atoms in total. The van der Waals surface area contributed by atoms with Crippen molar-refractivity contribution < 1.29 is 13.2 Å². The van der Waals surface area contributed by atoms with E-state index in [4.69, 9.17) is 17.3 Å². The first-order chi connectivity index (χ1) is 8.47. The molecule has 2 N–H and O–H groups in total. The van der Waals surface area contributed by atoms with E-state index >= 15 is 0 Å². The largest absolute Gasteiger partial charge is 0.416 e. The molecule has 0 aliphatic carbocycles. The first-order valence-electron chi connectivity index (χ1n) is 5.10. The van der Waals surface area contributed by atoms with Gasteiger partial charge in [0.1, 0.15) is 0 Å². The number of nitrogens with zero attached hydrogens (tertiary/aromatic N) is 1. The quantitative estimate of drug-likeness (QED) is 0.665. The van der Waals surface area contributed by atoms with Crippen LogP contribution in [0.3, 0.4) is 0 Å². The van der Waals surface area contributed by atoms with Crippen LogP contribution in [0.1, 0.15) is 11.1 Å². The number of aliphatic imine (C=N–C) groups is 1. The molecule has 0 aliphatic rings. The van der Waals surface area contributed by atoms with Crippen molar-refractivity contribution in [2.24, 2.45) is 10.7 Å². The van der Waals surface area contributed by atoms with E-state index in [0.717, 1.165) is 12.1 Å². The number of hydrogen-bond donors (Lipinski definition) is 1. The topological polar surface area (TPSA) is 38.4 Å². The molecule has 0 bridgehead atoms. The van der Waals surface area contributed by atoms with Crippen molar-refractivity contribution in [1.82, 2.24) is 0 Å². The molecule has 0 amide bonds. The minimum Gasteiger partial charge on any atom is -0.404 e. The Hall–Kier alpha value is -1.49.